The molecule has 25 heavy (non-hydrogen) atoms. The second kappa shape index (κ2) is 6.47. The highest BCUT2D eigenvalue weighted by Gasteiger charge is 2.49. The molecule has 2 aliphatic rings. The number of carbonyl (C=O) groups excluding carboxylic acids is 2. The van der Waals surface area contributed by atoms with Crippen LogP contribution in [-0.2, 0) is 19.1 Å². The number of hydrogen-bond acceptors (Lipinski definition) is 5. The fourth-order valence-electron chi connectivity index (χ4n) is 3.72. The van der Waals surface area contributed by atoms with Crippen LogP contribution in [-0.4, -0.2) is 24.3 Å². The summed E-state index contributed by atoms with van der Waals surface area (Å²) in [6.07, 6.45) is 0.983. The topological polar surface area (TPSA) is 76.5 Å². The molecule has 2 atom stereocenters. The molecule has 1 aliphatic carbocycles. The Morgan fingerprint density at radius 1 is 1.28 bits per heavy atom. The van der Waals surface area contributed by atoms with Crippen molar-refractivity contribution in [3.05, 3.63) is 47.2 Å². The van der Waals surface area contributed by atoms with Crippen LogP contribution in [0.1, 0.15) is 45.1 Å². The van der Waals surface area contributed by atoms with E-state index >= 15 is 0 Å². The van der Waals surface area contributed by atoms with Crippen molar-refractivity contribution in [1.82, 2.24) is 0 Å². The number of allylic oxidation sites excluding steroid dienone is 2. The first-order chi connectivity index (χ1) is 11.8. The molecule has 1 aliphatic heterocycles. The smallest absolute Gasteiger partial charge is 0.319 e. The van der Waals surface area contributed by atoms with Crippen molar-refractivity contribution in [3.63, 3.8) is 0 Å². The Kier molecular flexibility index (Phi) is 4.50. The minimum absolute atomic E-state index is 0.0121. The van der Waals surface area contributed by atoms with Crippen LogP contribution in [0.2, 0.25) is 0 Å². The zero-order valence-electron chi connectivity index (χ0n) is 14.8. The van der Waals surface area contributed by atoms with E-state index in [1.54, 1.807) is 6.92 Å². The number of esters is 1. The summed E-state index contributed by atoms with van der Waals surface area (Å²) in [6.45, 7) is 5.96. The van der Waals surface area contributed by atoms with Gasteiger partial charge in [-0.1, -0.05) is 44.2 Å². The number of nitrogens with one attached hydrogen (secondary N) is 1. The quantitative estimate of drug-likeness (QED) is 0.852. The molecule has 0 amide bonds. The first kappa shape index (κ1) is 17.4. The lowest BCUT2D eigenvalue weighted by Gasteiger charge is -2.40. The maximum absolute atomic E-state index is 12.9. The predicted molar refractivity (Wildman–Crippen MR) is 93.2 cm³/mol. The SMILES string of the molecule is CCOC(=O)C1C(=N)OC2=C(C(=O)CC(C)(C)C2)C1c1ccccc1. The lowest BCUT2D eigenvalue weighted by atomic mass is 9.68. The number of benzene rings is 1. The van der Waals surface area contributed by atoms with Gasteiger partial charge in [0, 0.05) is 24.3 Å². The molecule has 2 unspecified atom stereocenters. The minimum Gasteiger partial charge on any atom is -0.465 e. The van der Waals surface area contributed by atoms with Crippen molar-refractivity contribution in [2.24, 2.45) is 11.3 Å². The van der Waals surface area contributed by atoms with Crippen LogP contribution in [0.3, 0.4) is 0 Å². The van der Waals surface area contributed by atoms with Gasteiger partial charge in [0.15, 0.2) is 5.78 Å². The molecule has 5 heteroatoms. The maximum atomic E-state index is 12.9. The van der Waals surface area contributed by atoms with Crippen molar-refractivity contribution < 1.29 is 19.1 Å². The summed E-state index contributed by atoms with van der Waals surface area (Å²) < 4.78 is 10.8. The van der Waals surface area contributed by atoms with Gasteiger partial charge in [-0.25, -0.2) is 0 Å². The van der Waals surface area contributed by atoms with Crippen molar-refractivity contribution >= 4 is 17.7 Å². The van der Waals surface area contributed by atoms with E-state index in [9.17, 15) is 9.59 Å². The van der Waals surface area contributed by atoms with E-state index in [2.05, 4.69) is 0 Å². The number of rotatable bonds is 3. The number of carbonyl (C=O) groups is 2. The Labute approximate surface area is 147 Å². The first-order valence-corrected chi connectivity index (χ1v) is 8.58. The van der Waals surface area contributed by atoms with E-state index in [1.165, 1.54) is 0 Å². The average Bonchev–Trinajstić information content (AvgIpc) is 2.53. The van der Waals surface area contributed by atoms with Gasteiger partial charge in [-0.3, -0.25) is 15.0 Å². The molecule has 3 rings (SSSR count). The third kappa shape index (κ3) is 3.23. The minimum atomic E-state index is -0.925. The summed E-state index contributed by atoms with van der Waals surface area (Å²) in [4.78, 5) is 25.4. The molecule has 0 saturated carbocycles. The third-order valence-electron chi connectivity index (χ3n) is 4.74. The van der Waals surface area contributed by atoms with E-state index in [1.807, 2.05) is 44.2 Å². The molecular formula is C20H23NO4. The van der Waals surface area contributed by atoms with Gasteiger partial charge >= 0.3 is 5.97 Å². The molecule has 1 N–H and O–H groups in total. The highest BCUT2D eigenvalue weighted by Crippen LogP contribution is 2.48. The zero-order chi connectivity index (χ0) is 18.2. The van der Waals surface area contributed by atoms with E-state index in [0.29, 0.717) is 24.2 Å². The number of hydrogen-bond donors (Lipinski definition) is 1. The first-order valence-electron chi connectivity index (χ1n) is 8.58. The highest BCUT2D eigenvalue weighted by molar-refractivity contribution is 6.06. The Balaban J connectivity index is 2.14. The van der Waals surface area contributed by atoms with Gasteiger partial charge in [-0.15, -0.1) is 0 Å². The summed E-state index contributed by atoms with van der Waals surface area (Å²) in [7, 11) is 0. The van der Waals surface area contributed by atoms with Crippen molar-refractivity contribution in [3.8, 4) is 0 Å². The fourth-order valence-corrected chi connectivity index (χ4v) is 3.72. The van der Waals surface area contributed by atoms with Gasteiger partial charge in [0.1, 0.15) is 11.7 Å². The van der Waals surface area contributed by atoms with Crippen LogP contribution >= 0.6 is 0 Å². The van der Waals surface area contributed by atoms with Crippen LogP contribution in [0.15, 0.2) is 41.7 Å². The predicted octanol–water partition coefficient (Wildman–Crippen LogP) is 3.60. The average molecular weight is 341 g/mol. The third-order valence-corrected chi connectivity index (χ3v) is 4.74. The summed E-state index contributed by atoms with van der Waals surface area (Å²) in [5.41, 5.74) is 1.14. The molecule has 5 nitrogen and oxygen atoms in total. The van der Waals surface area contributed by atoms with E-state index < -0.39 is 17.8 Å². The van der Waals surface area contributed by atoms with E-state index in [-0.39, 0.29) is 23.7 Å². The lowest BCUT2D eigenvalue weighted by molar-refractivity contribution is -0.146. The molecule has 0 aromatic heterocycles. The Bertz CT molecular complexity index is 748. The van der Waals surface area contributed by atoms with Crippen LogP contribution in [0.4, 0.5) is 0 Å². The molecule has 1 aromatic carbocycles. The van der Waals surface area contributed by atoms with Gasteiger partial charge < -0.3 is 9.47 Å². The van der Waals surface area contributed by atoms with E-state index in [4.69, 9.17) is 14.9 Å². The largest absolute Gasteiger partial charge is 0.465 e. The Hall–Kier alpha value is -2.43. The van der Waals surface area contributed by atoms with Crippen LogP contribution in [0, 0.1) is 16.7 Å². The van der Waals surface area contributed by atoms with Crippen molar-refractivity contribution in [1.29, 1.82) is 5.41 Å². The standard InChI is InChI=1S/C20H23NO4/c1-4-24-19(23)17-15(12-8-6-5-7-9-12)16-13(22)10-20(2,3)11-14(16)25-18(17)21/h5-9,15,17,21H,4,10-11H2,1-3H3. The molecule has 1 aromatic rings. The monoisotopic (exact) mass is 341 g/mol. The molecule has 0 bridgehead atoms. The summed E-state index contributed by atoms with van der Waals surface area (Å²) >= 11 is 0. The van der Waals surface area contributed by atoms with Gasteiger partial charge in [0.05, 0.1) is 6.61 Å². The molecule has 0 fully saturated rings. The summed E-state index contributed by atoms with van der Waals surface area (Å²) in [5.74, 6) is -1.60. The zero-order valence-corrected chi connectivity index (χ0v) is 14.8. The van der Waals surface area contributed by atoms with Gasteiger partial charge in [-0.05, 0) is 17.9 Å². The Morgan fingerprint density at radius 2 is 1.96 bits per heavy atom. The second-order valence-corrected chi connectivity index (χ2v) is 7.36. The van der Waals surface area contributed by atoms with Crippen LogP contribution < -0.4 is 0 Å². The molecule has 1 heterocycles. The number of ether oxygens (including phenoxy) is 2. The second-order valence-electron chi connectivity index (χ2n) is 7.36. The Morgan fingerprint density at radius 3 is 2.60 bits per heavy atom. The van der Waals surface area contributed by atoms with Gasteiger partial charge in [-0.2, -0.15) is 0 Å². The van der Waals surface area contributed by atoms with Crippen LogP contribution in [0.25, 0.3) is 0 Å². The van der Waals surface area contributed by atoms with Gasteiger partial charge in [0.2, 0.25) is 5.90 Å². The normalized spacial score (nSPS) is 25.2. The van der Waals surface area contributed by atoms with Crippen LogP contribution in [0.5, 0.6) is 0 Å². The molecule has 0 radical (unpaired) electrons. The summed E-state index contributed by atoms with van der Waals surface area (Å²) in [6, 6.07) is 9.39. The maximum Gasteiger partial charge on any atom is 0.319 e. The number of ketones is 1. The van der Waals surface area contributed by atoms with E-state index in [0.717, 1.165) is 5.56 Å². The molecule has 0 spiro atoms. The molecular weight excluding hydrogens is 318 g/mol. The number of Topliss-reactive ketones (excluding diaryl/α,β-unsaturated/α-hetero) is 1. The van der Waals surface area contributed by atoms with Crippen molar-refractivity contribution in [2.75, 3.05) is 6.61 Å². The summed E-state index contributed by atoms with van der Waals surface area (Å²) in [5, 5.41) is 8.28. The lowest BCUT2D eigenvalue weighted by Crippen LogP contribution is -2.42. The highest BCUT2D eigenvalue weighted by atomic mass is 16.5. The molecule has 0 saturated heterocycles. The van der Waals surface area contributed by atoms with Crippen molar-refractivity contribution in [2.45, 2.75) is 39.5 Å². The fraction of sp³-hybridized carbons (Fsp3) is 0.450. The van der Waals surface area contributed by atoms with Gasteiger partial charge in [0.25, 0.3) is 0 Å². The molecule has 132 valence electrons.